The largest absolute Gasteiger partial charge is 0.462 e. The van der Waals surface area contributed by atoms with E-state index in [1.54, 1.807) is 6.26 Å². The highest BCUT2D eigenvalue weighted by atomic mass is 32.1. The molecule has 1 saturated carbocycles. The van der Waals surface area contributed by atoms with Crippen LogP contribution in [0.15, 0.2) is 22.8 Å². The summed E-state index contributed by atoms with van der Waals surface area (Å²) in [6.07, 6.45) is 9.21. The summed E-state index contributed by atoms with van der Waals surface area (Å²) in [6.45, 7) is 1.72. The Hall–Kier alpha value is -1.89. The van der Waals surface area contributed by atoms with Gasteiger partial charge in [-0.25, -0.2) is 4.79 Å². The monoisotopic (exact) mass is 332 g/mol. The van der Waals surface area contributed by atoms with Crippen LogP contribution in [0.3, 0.4) is 0 Å². The number of nitrogens with one attached hydrogen (secondary N) is 1. The van der Waals surface area contributed by atoms with E-state index in [2.05, 4.69) is 15.5 Å². The SMILES string of the molecule is O=C(Nc1nnc(-c2ccco2)s1)N1CCC2(CCCCC2)C1. The van der Waals surface area contributed by atoms with Crippen LogP contribution in [0.4, 0.5) is 9.93 Å². The molecule has 1 saturated heterocycles. The van der Waals surface area contributed by atoms with Gasteiger partial charge in [-0.05, 0) is 36.8 Å². The maximum absolute atomic E-state index is 12.5. The molecular formula is C16H20N4O2S. The van der Waals surface area contributed by atoms with Crippen LogP contribution >= 0.6 is 11.3 Å². The fourth-order valence-corrected chi connectivity index (χ4v) is 4.46. The molecule has 2 fully saturated rings. The number of nitrogens with zero attached hydrogens (tertiary/aromatic N) is 3. The van der Waals surface area contributed by atoms with Crippen LogP contribution < -0.4 is 5.32 Å². The first-order valence-corrected chi connectivity index (χ1v) is 8.99. The maximum atomic E-state index is 12.5. The Morgan fingerprint density at radius 1 is 1.26 bits per heavy atom. The minimum atomic E-state index is -0.0606. The summed E-state index contributed by atoms with van der Waals surface area (Å²) >= 11 is 1.33. The van der Waals surface area contributed by atoms with E-state index in [0.29, 0.717) is 21.3 Å². The van der Waals surface area contributed by atoms with Crippen molar-refractivity contribution in [3.63, 3.8) is 0 Å². The number of likely N-dealkylation sites (tertiary alicyclic amines) is 1. The van der Waals surface area contributed by atoms with Gasteiger partial charge in [-0.3, -0.25) is 5.32 Å². The number of rotatable bonds is 2. The smallest absolute Gasteiger partial charge is 0.323 e. The lowest BCUT2D eigenvalue weighted by Gasteiger charge is -2.33. The second-order valence-corrected chi connectivity index (χ2v) is 7.53. The summed E-state index contributed by atoms with van der Waals surface area (Å²) in [5.74, 6) is 0.672. The van der Waals surface area contributed by atoms with Gasteiger partial charge in [0.2, 0.25) is 5.13 Å². The van der Waals surface area contributed by atoms with E-state index in [9.17, 15) is 4.79 Å². The molecule has 7 heteroatoms. The Bertz CT molecular complexity index is 676. The van der Waals surface area contributed by atoms with Crippen molar-refractivity contribution in [2.45, 2.75) is 38.5 Å². The second-order valence-electron chi connectivity index (χ2n) is 6.55. The Labute approximate surface area is 138 Å². The van der Waals surface area contributed by atoms with E-state index in [1.807, 2.05) is 17.0 Å². The van der Waals surface area contributed by atoms with Crippen molar-refractivity contribution >= 4 is 22.5 Å². The fourth-order valence-electron chi connectivity index (χ4n) is 3.76. The van der Waals surface area contributed by atoms with E-state index >= 15 is 0 Å². The van der Waals surface area contributed by atoms with E-state index < -0.39 is 0 Å². The molecule has 122 valence electrons. The molecule has 0 atom stereocenters. The highest BCUT2D eigenvalue weighted by Gasteiger charge is 2.40. The number of carbonyl (C=O) groups is 1. The zero-order valence-corrected chi connectivity index (χ0v) is 13.8. The van der Waals surface area contributed by atoms with Crippen molar-refractivity contribution in [3.05, 3.63) is 18.4 Å². The number of hydrogen-bond donors (Lipinski definition) is 1. The van der Waals surface area contributed by atoms with Crippen LogP contribution in [0.5, 0.6) is 0 Å². The van der Waals surface area contributed by atoms with Gasteiger partial charge in [0.15, 0.2) is 10.8 Å². The number of urea groups is 1. The number of hydrogen-bond acceptors (Lipinski definition) is 5. The first kappa shape index (κ1) is 14.7. The highest BCUT2D eigenvalue weighted by Crippen LogP contribution is 2.43. The third-order valence-electron chi connectivity index (χ3n) is 5.01. The number of aromatic nitrogens is 2. The molecule has 2 amide bonds. The molecule has 0 unspecified atom stereocenters. The minimum absolute atomic E-state index is 0.0606. The van der Waals surface area contributed by atoms with Gasteiger partial charge in [0.1, 0.15) is 0 Å². The lowest BCUT2D eigenvalue weighted by Crippen LogP contribution is -2.36. The van der Waals surface area contributed by atoms with Gasteiger partial charge in [0, 0.05) is 13.1 Å². The Balaban J connectivity index is 1.39. The molecule has 23 heavy (non-hydrogen) atoms. The average molecular weight is 332 g/mol. The van der Waals surface area contributed by atoms with Crippen molar-refractivity contribution in [2.24, 2.45) is 5.41 Å². The Morgan fingerprint density at radius 3 is 2.91 bits per heavy atom. The van der Waals surface area contributed by atoms with Crippen molar-refractivity contribution in [3.8, 4) is 10.8 Å². The maximum Gasteiger partial charge on any atom is 0.323 e. The van der Waals surface area contributed by atoms with Gasteiger partial charge >= 0.3 is 6.03 Å². The molecule has 1 N–H and O–H groups in total. The molecule has 3 heterocycles. The van der Waals surface area contributed by atoms with E-state index in [4.69, 9.17) is 4.42 Å². The van der Waals surface area contributed by atoms with Crippen molar-refractivity contribution < 1.29 is 9.21 Å². The predicted molar refractivity (Wildman–Crippen MR) is 88.3 cm³/mol. The third kappa shape index (κ3) is 2.97. The second kappa shape index (κ2) is 5.96. The molecule has 1 aliphatic carbocycles. The zero-order valence-electron chi connectivity index (χ0n) is 13.0. The van der Waals surface area contributed by atoms with Gasteiger partial charge in [-0.2, -0.15) is 0 Å². The molecule has 6 nitrogen and oxygen atoms in total. The number of carbonyl (C=O) groups excluding carboxylic acids is 1. The van der Waals surface area contributed by atoms with Crippen molar-refractivity contribution in [1.29, 1.82) is 0 Å². The van der Waals surface area contributed by atoms with Gasteiger partial charge in [0.05, 0.1) is 6.26 Å². The van der Waals surface area contributed by atoms with E-state index in [-0.39, 0.29) is 6.03 Å². The fraction of sp³-hybridized carbons (Fsp3) is 0.562. The highest BCUT2D eigenvalue weighted by molar-refractivity contribution is 7.18. The van der Waals surface area contributed by atoms with Crippen LogP contribution in [0.1, 0.15) is 38.5 Å². The molecule has 2 aromatic heterocycles. The third-order valence-corrected chi connectivity index (χ3v) is 5.86. The average Bonchev–Trinajstić information content (AvgIpc) is 3.28. The van der Waals surface area contributed by atoms with Crippen LogP contribution in [-0.4, -0.2) is 34.2 Å². The van der Waals surface area contributed by atoms with Crippen LogP contribution in [0, 0.1) is 5.41 Å². The standard InChI is InChI=1S/C16H20N4O2S/c21-15(20-9-8-16(11-20)6-2-1-3-7-16)17-14-19-18-13(23-14)12-5-4-10-22-12/h4-5,10H,1-3,6-9,11H2,(H,17,19,21). The van der Waals surface area contributed by atoms with Gasteiger partial charge < -0.3 is 9.32 Å². The number of anilines is 1. The van der Waals surface area contributed by atoms with Gasteiger partial charge in [-0.1, -0.05) is 30.6 Å². The van der Waals surface area contributed by atoms with Crippen LogP contribution in [0.2, 0.25) is 0 Å². The van der Waals surface area contributed by atoms with Crippen molar-refractivity contribution in [1.82, 2.24) is 15.1 Å². The first-order chi connectivity index (χ1) is 11.2. The summed E-state index contributed by atoms with van der Waals surface area (Å²) < 4.78 is 5.30. The molecule has 2 aliphatic rings. The van der Waals surface area contributed by atoms with Crippen molar-refractivity contribution in [2.75, 3.05) is 18.4 Å². The summed E-state index contributed by atoms with van der Waals surface area (Å²) in [5.41, 5.74) is 0.371. The molecule has 0 aromatic carbocycles. The zero-order chi connectivity index (χ0) is 15.7. The predicted octanol–water partition coefficient (Wildman–Crippen LogP) is 3.99. The Morgan fingerprint density at radius 2 is 2.13 bits per heavy atom. The summed E-state index contributed by atoms with van der Waals surface area (Å²) in [4.78, 5) is 14.4. The minimum Gasteiger partial charge on any atom is -0.462 e. The number of furan rings is 1. The van der Waals surface area contributed by atoms with Gasteiger partial charge in [0.25, 0.3) is 0 Å². The van der Waals surface area contributed by atoms with Crippen LogP contribution in [0.25, 0.3) is 10.8 Å². The molecule has 1 spiro atoms. The normalized spacial score (nSPS) is 20.1. The summed E-state index contributed by atoms with van der Waals surface area (Å²) in [7, 11) is 0. The van der Waals surface area contributed by atoms with Gasteiger partial charge in [-0.15, -0.1) is 10.2 Å². The molecule has 0 radical (unpaired) electrons. The molecule has 0 bridgehead atoms. The summed E-state index contributed by atoms with van der Waals surface area (Å²) in [6, 6.07) is 3.58. The van der Waals surface area contributed by atoms with E-state index in [1.165, 1.54) is 43.4 Å². The number of amides is 2. The quantitative estimate of drug-likeness (QED) is 0.903. The molecule has 4 rings (SSSR count). The Kier molecular flexibility index (Phi) is 3.80. The summed E-state index contributed by atoms with van der Waals surface area (Å²) in [5, 5.41) is 12.2. The lowest BCUT2D eigenvalue weighted by atomic mass is 9.73. The molecule has 1 aliphatic heterocycles. The van der Waals surface area contributed by atoms with E-state index in [0.717, 1.165) is 19.5 Å². The molecular weight excluding hydrogens is 312 g/mol. The first-order valence-electron chi connectivity index (χ1n) is 8.18. The van der Waals surface area contributed by atoms with Crippen LogP contribution in [-0.2, 0) is 0 Å². The molecule has 2 aromatic rings. The lowest BCUT2D eigenvalue weighted by molar-refractivity contribution is 0.184. The topological polar surface area (TPSA) is 71.3 Å².